The first kappa shape index (κ1) is 9.50. The molecule has 1 rings (SSSR count). The normalized spacial score (nSPS) is 8.75. The van der Waals surface area contributed by atoms with E-state index in [0.29, 0.717) is 5.56 Å². The molecule has 0 aliphatic carbocycles. The van der Waals surface area contributed by atoms with Gasteiger partial charge in [0.1, 0.15) is 0 Å². The summed E-state index contributed by atoms with van der Waals surface area (Å²) in [7, 11) is 0. The molecule has 3 heteroatoms. The molecule has 60 valence electrons. The van der Waals surface area contributed by atoms with Crippen molar-refractivity contribution in [3.63, 3.8) is 0 Å². The highest BCUT2D eigenvalue weighted by atomic mass is 79.9. The van der Waals surface area contributed by atoms with Crippen molar-refractivity contribution in [3.8, 4) is 6.07 Å². The second-order valence-electron chi connectivity index (χ2n) is 2.17. The zero-order valence-corrected chi connectivity index (χ0v) is 9.26. The molecule has 0 fully saturated rings. The Hall–Kier alpha value is -0.590. The topological polar surface area (TPSA) is 23.8 Å². The van der Waals surface area contributed by atoms with Gasteiger partial charge in [-0.3, -0.25) is 0 Å². The fourth-order valence-electron chi connectivity index (χ4n) is 0.780. The maximum atomic E-state index is 8.53. The van der Waals surface area contributed by atoms with Crippen LogP contribution in [0.15, 0.2) is 27.7 Å². The third-order valence-electron chi connectivity index (χ3n) is 1.32. The monoisotopic (exact) mass is 285 g/mol. The Kier molecular flexibility index (Phi) is 3.51. The summed E-state index contributed by atoms with van der Waals surface area (Å²) < 4.78 is 0.889. The van der Waals surface area contributed by atoms with Crippen LogP contribution in [0.25, 0.3) is 6.08 Å². The van der Waals surface area contributed by atoms with Gasteiger partial charge in [-0.2, -0.15) is 5.26 Å². The largest absolute Gasteiger partial charge is 0.192 e. The van der Waals surface area contributed by atoms with E-state index in [0.717, 1.165) is 8.96 Å². The van der Waals surface area contributed by atoms with E-state index in [4.69, 9.17) is 5.26 Å². The van der Waals surface area contributed by atoms with Crippen LogP contribution >= 0.6 is 31.9 Å². The van der Waals surface area contributed by atoms with E-state index in [-0.39, 0.29) is 0 Å². The Morgan fingerprint density at radius 1 is 1.25 bits per heavy atom. The maximum Gasteiger partial charge on any atom is 0.0991 e. The molecule has 12 heavy (non-hydrogen) atoms. The fraction of sp³-hybridized carbons (Fsp3) is 0. The number of hydrogen-bond donors (Lipinski definition) is 0. The molecule has 0 aliphatic rings. The lowest BCUT2D eigenvalue weighted by Gasteiger charge is -1.92. The minimum absolute atomic E-state index is 0.679. The standard InChI is InChI=1S/C9H5Br2N/c10-9(11)5-7-1-3-8(6-12)4-2-7/h1-5H. The summed E-state index contributed by atoms with van der Waals surface area (Å²) in [6.45, 7) is 0. The predicted molar refractivity (Wildman–Crippen MR) is 57.0 cm³/mol. The Morgan fingerprint density at radius 2 is 1.83 bits per heavy atom. The van der Waals surface area contributed by atoms with Crippen LogP contribution in [-0.4, -0.2) is 0 Å². The number of nitrogens with zero attached hydrogens (tertiary/aromatic N) is 1. The smallest absolute Gasteiger partial charge is 0.0991 e. The van der Waals surface area contributed by atoms with Crippen molar-refractivity contribution in [1.82, 2.24) is 0 Å². The lowest BCUT2D eigenvalue weighted by Crippen LogP contribution is -1.74. The molecule has 0 radical (unpaired) electrons. The number of hydrogen-bond acceptors (Lipinski definition) is 1. The molecule has 0 saturated heterocycles. The molecule has 1 aromatic carbocycles. The summed E-state index contributed by atoms with van der Waals surface area (Å²) in [4.78, 5) is 0. The molecule has 0 aliphatic heterocycles. The fourth-order valence-corrected chi connectivity index (χ4v) is 1.31. The molecular weight excluding hydrogens is 282 g/mol. The Balaban J connectivity index is 2.95. The van der Waals surface area contributed by atoms with Gasteiger partial charge in [-0.1, -0.05) is 12.1 Å². The number of benzene rings is 1. The van der Waals surface area contributed by atoms with Crippen LogP contribution in [-0.2, 0) is 0 Å². The SMILES string of the molecule is N#Cc1ccc(C=C(Br)Br)cc1. The minimum atomic E-state index is 0.679. The highest BCUT2D eigenvalue weighted by molar-refractivity contribution is 9.28. The molecular formula is C9H5Br2N. The van der Waals surface area contributed by atoms with Gasteiger partial charge in [-0.05, 0) is 55.6 Å². The van der Waals surface area contributed by atoms with Crippen molar-refractivity contribution in [2.24, 2.45) is 0 Å². The number of rotatable bonds is 1. The van der Waals surface area contributed by atoms with E-state index in [2.05, 4.69) is 37.9 Å². The van der Waals surface area contributed by atoms with E-state index in [9.17, 15) is 0 Å². The van der Waals surface area contributed by atoms with Gasteiger partial charge >= 0.3 is 0 Å². The Labute approximate surface area is 88.0 Å². The molecule has 1 nitrogen and oxygen atoms in total. The average molecular weight is 287 g/mol. The third-order valence-corrected chi connectivity index (χ3v) is 1.77. The summed E-state index contributed by atoms with van der Waals surface area (Å²) in [5.74, 6) is 0. The van der Waals surface area contributed by atoms with Crippen molar-refractivity contribution in [2.75, 3.05) is 0 Å². The van der Waals surface area contributed by atoms with Crippen molar-refractivity contribution in [3.05, 3.63) is 38.8 Å². The zero-order chi connectivity index (χ0) is 8.97. The number of halogens is 2. The van der Waals surface area contributed by atoms with E-state index >= 15 is 0 Å². The first-order valence-electron chi connectivity index (χ1n) is 3.25. The molecule has 0 amide bonds. The highest BCUT2D eigenvalue weighted by Gasteiger charge is 1.90. The quantitative estimate of drug-likeness (QED) is 0.773. The second-order valence-corrected chi connectivity index (χ2v) is 4.94. The molecule has 0 atom stereocenters. The molecule has 0 N–H and O–H groups in total. The van der Waals surface area contributed by atoms with Gasteiger partial charge in [0.15, 0.2) is 0 Å². The summed E-state index contributed by atoms with van der Waals surface area (Å²) in [6, 6.07) is 9.42. The summed E-state index contributed by atoms with van der Waals surface area (Å²) in [5.41, 5.74) is 1.73. The van der Waals surface area contributed by atoms with Gasteiger partial charge in [0.05, 0.1) is 15.0 Å². The van der Waals surface area contributed by atoms with Crippen LogP contribution < -0.4 is 0 Å². The van der Waals surface area contributed by atoms with Crippen LogP contribution in [0.4, 0.5) is 0 Å². The summed E-state index contributed by atoms with van der Waals surface area (Å²) >= 11 is 6.52. The Morgan fingerprint density at radius 3 is 2.25 bits per heavy atom. The van der Waals surface area contributed by atoms with Crippen LogP contribution in [0.1, 0.15) is 11.1 Å². The maximum absolute atomic E-state index is 8.53. The second kappa shape index (κ2) is 4.44. The minimum Gasteiger partial charge on any atom is -0.192 e. The van der Waals surface area contributed by atoms with Gasteiger partial charge in [0.2, 0.25) is 0 Å². The highest BCUT2D eigenvalue weighted by Crippen LogP contribution is 2.17. The van der Waals surface area contributed by atoms with Gasteiger partial charge in [-0.25, -0.2) is 0 Å². The first-order chi connectivity index (χ1) is 5.72. The van der Waals surface area contributed by atoms with Crippen molar-refractivity contribution in [1.29, 1.82) is 5.26 Å². The molecule has 0 unspecified atom stereocenters. The van der Waals surface area contributed by atoms with Crippen molar-refractivity contribution in [2.45, 2.75) is 0 Å². The van der Waals surface area contributed by atoms with E-state index in [1.54, 1.807) is 12.1 Å². The molecule has 0 bridgehead atoms. The lowest BCUT2D eigenvalue weighted by atomic mass is 10.1. The number of nitriles is 1. The summed E-state index contributed by atoms with van der Waals surface area (Å²) in [6.07, 6.45) is 1.92. The predicted octanol–water partition coefficient (Wildman–Crippen LogP) is 3.65. The lowest BCUT2D eigenvalue weighted by molar-refractivity contribution is 1.48. The van der Waals surface area contributed by atoms with Crippen LogP contribution in [0, 0.1) is 11.3 Å². The molecule has 0 spiro atoms. The first-order valence-corrected chi connectivity index (χ1v) is 4.84. The van der Waals surface area contributed by atoms with Gasteiger partial charge in [0.25, 0.3) is 0 Å². The van der Waals surface area contributed by atoms with E-state index in [1.165, 1.54) is 0 Å². The third kappa shape index (κ3) is 2.80. The summed E-state index contributed by atoms with van der Waals surface area (Å²) in [5, 5.41) is 8.53. The van der Waals surface area contributed by atoms with Crippen LogP contribution in [0.5, 0.6) is 0 Å². The van der Waals surface area contributed by atoms with Crippen LogP contribution in [0.3, 0.4) is 0 Å². The molecule has 0 aromatic heterocycles. The van der Waals surface area contributed by atoms with E-state index in [1.807, 2.05) is 18.2 Å². The molecule has 1 aromatic rings. The van der Waals surface area contributed by atoms with Gasteiger partial charge < -0.3 is 0 Å². The molecule has 0 saturated carbocycles. The zero-order valence-electron chi connectivity index (χ0n) is 6.09. The Bertz CT molecular complexity index is 329. The van der Waals surface area contributed by atoms with E-state index < -0.39 is 0 Å². The molecule has 0 heterocycles. The average Bonchev–Trinajstić information content (AvgIpc) is 2.05. The van der Waals surface area contributed by atoms with Crippen LogP contribution in [0.2, 0.25) is 0 Å². The van der Waals surface area contributed by atoms with Gasteiger partial charge in [-0.15, -0.1) is 0 Å². The van der Waals surface area contributed by atoms with Gasteiger partial charge in [0, 0.05) is 0 Å². The van der Waals surface area contributed by atoms with Crippen molar-refractivity contribution >= 4 is 37.9 Å². The van der Waals surface area contributed by atoms with Crippen molar-refractivity contribution < 1.29 is 0 Å².